The summed E-state index contributed by atoms with van der Waals surface area (Å²) in [6, 6.07) is 11.4. The van der Waals surface area contributed by atoms with Crippen molar-refractivity contribution in [1.29, 1.82) is 0 Å². The standard InChI is InChI=1S/C14H11F3NO/c15-14(16,17)11-4-1-3-10(7-11)9-19-13-6-2-5-12(18)8-13/h1-8,18H,9H2/q-1. The van der Waals surface area contributed by atoms with Crippen LogP contribution >= 0.6 is 0 Å². The third-order valence-electron chi connectivity index (χ3n) is 2.49. The van der Waals surface area contributed by atoms with E-state index in [0.717, 1.165) is 12.1 Å². The third kappa shape index (κ3) is 3.64. The molecule has 0 atom stereocenters. The Hall–Kier alpha value is -2.17. The highest BCUT2D eigenvalue weighted by molar-refractivity contribution is 5.47. The van der Waals surface area contributed by atoms with Crippen molar-refractivity contribution in [3.8, 4) is 5.75 Å². The van der Waals surface area contributed by atoms with Crippen LogP contribution in [0.25, 0.3) is 5.73 Å². The van der Waals surface area contributed by atoms with Gasteiger partial charge in [0.25, 0.3) is 0 Å². The first-order valence-corrected chi connectivity index (χ1v) is 5.56. The van der Waals surface area contributed by atoms with Crippen LogP contribution in [0, 0.1) is 0 Å². The maximum Gasteiger partial charge on any atom is 0.416 e. The molecule has 2 rings (SSSR count). The van der Waals surface area contributed by atoms with Crippen molar-refractivity contribution in [1.82, 2.24) is 0 Å². The highest BCUT2D eigenvalue weighted by Gasteiger charge is 2.30. The summed E-state index contributed by atoms with van der Waals surface area (Å²) in [5.41, 5.74) is 7.44. The summed E-state index contributed by atoms with van der Waals surface area (Å²) < 4.78 is 42.9. The molecule has 0 spiro atoms. The molecule has 0 heterocycles. The van der Waals surface area contributed by atoms with Crippen molar-refractivity contribution >= 4 is 5.69 Å². The second kappa shape index (κ2) is 5.22. The van der Waals surface area contributed by atoms with Crippen molar-refractivity contribution in [3.05, 3.63) is 65.4 Å². The molecule has 2 aromatic rings. The zero-order valence-electron chi connectivity index (χ0n) is 9.87. The smallest absolute Gasteiger partial charge is 0.416 e. The van der Waals surface area contributed by atoms with Crippen molar-refractivity contribution in [2.45, 2.75) is 12.8 Å². The van der Waals surface area contributed by atoms with Gasteiger partial charge in [-0.05, 0) is 29.8 Å². The van der Waals surface area contributed by atoms with Crippen LogP contribution in [0.5, 0.6) is 5.75 Å². The lowest BCUT2D eigenvalue weighted by Crippen LogP contribution is -2.06. The Bertz CT molecular complexity index is 567. The molecule has 0 bridgehead atoms. The zero-order valence-corrected chi connectivity index (χ0v) is 9.87. The minimum atomic E-state index is -4.35. The molecule has 0 aliphatic rings. The van der Waals surface area contributed by atoms with Crippen LogP contribution in [0.3, 0.4) is 0 Å². The van der Waals surface area contributed by atoms with E-state index in [1.165, 1.54) is 12.1 Å². The molecule has 19 heavy (non-hydrogen) atoms. The molecule has 1 N–H and O–H groups in total. The molecule has 0 aliphatic heterocycles. The second-order valence-corrected chi connectivity index (χ2v) is 4.01. The highest BCUT2D eigenvalue weighted by atomic mass is 19.4. The van der Waals surface area contributed by atoms with Gasteiger partial charge in [0.15, 0.2) is 0 Å². The molecule has 0 saturated carbocycles. The number of alkyl halides is 3. The zero-order chi connectivity index (χ0) is 13.9. The Morgan fingerprint density at radius 2 is 1.74 bits per heavy atom. The molecule has 0 aliphatic carbocycles. The van der Waals surface area contributed by atoms with E-state index in [1.54, 1.807) is 24.3 Å². The predicted octanol–water partition coefficient (Wildman–Crippen LogP) is 4.97. The number of rotatable bonds is 3. The monoisotopic (exact) mass is 266 g/mol. The molecule has 2 nitrogen and oxygen atoms in total. The maximum absolute atomic E-state index is 12.5. The van der Waals surface area contributed by atoms with Gasteiger partial charge in [0, 0.05) is 0 Å². The molecule has 100 valence electrons. The van der Waals surface area contributed by atoms with Crippen LogP contribution in [-0.2, 0) is 12.8 Å². The number of hydrogen-bond acceptors (Lipinski definition) is 1. The normalized spacial score (nSPS) is 11.3. The molecule has 0 radical (unpaired) electrons. The number of hydrogen-bond donors (Lipinski definition) is 0. The summed E-state index contributed by atoms with van der Waals surface area (Å²) in [6.07, 6.45) is -4.35. The van der Waals surface area contributed by atoms with E-state index in [1.807, 2.05) is 0 Å². The average molecular weight is 266 g/mol. The Morgan fingerprint density at radius 1 is 1.00 bits per heavy atom. The van der Waals surface area contributed by atoms with E-state index in [0.29, 0.717) is 17.0 Å². The van der Waals surface area contributed by atoms with E-state index in [9.17, 15) is 13.2 Å². The molecular formula is C14H11F3NO-. The fourth-order valence-corrected chi connectivity index (χ4v) is 1.59. The molecule has 0 fully saturated rings. The highest BCUT2D eigenvalue weighted by Crippen LogP contribution is 2.29. The van der Waals surface area contributed by atoms with Crippen molar-refractivity contribution in [2.75, 3.05) is 0 Å². The third-order valence-corrected chi connectivity index (χ3v) is 2.49. The van der Waals surface area contributed by atoms with Gasteiger partial charge >= 0.3 is 6.18 Å². The summed E-state index contributed by atoms with van der Waals surface area (Å²) in [5, 5.41) is 0. The second-order valence-electron chi connectivity index (χ2n) is 4.01. The lowest BCUT2D eigenvalue weighted by atomic mass is 10.1. The lowest BCUT2D eigenvalue weighted by Gasteiger charge is -2.11. The summed E-state index contributed by atoms with van der Waals surface area (Å²) in [6.45, 7) is 0.0351. The Kier molecular flexibility index (Phi) is 3.64. The van der Waals surface area contributed by atoms with Crippen LogP contribution < -0.4 is 4.74 Å². The molecule has 0 saturated heterocycles. The van der Waals surface area contributed by atoms with Crippen LogP contribution in [0.4, 0.5) is 18.9 Å². The topological polar surface area (TPSA) is 33.0 Å². The quantitative estimate of drug-likeness (QED) is 0.772. The van der Waals surface area contributed by atoms with Crippen LogP contribution in [0.15, 0.2) is 48.5 Å². The van der Waals surface area contributed by atoms with E-state index >= 15 is 0 Å². The van der Waals surface area contributed by atoms with Gasteiger partial charge in [-0.3, -0.25) is 0 Å². The Labute approximate surface area is 108 Å². The van der Waals surface area contributed by atoms with Crippen LogP contribution in [0.1, 0.15) is 11.1 Å². The first-order chi connectivity index (χ1) is 8.95. The van der Waals surface area contributed by atoms with Gasteiger partial charge in [0.2, 0.25) is 0 Å². The summed E-state index contributed by atoms with van der Waals surface area (Å²) in [7, 11) is 0. The minimum absolute atomic E-state index is 0.0351. The maximum atomic E-state index is 12.5. The van der Waals surface area contributed by atoms with Gasteiger partial charge in [0.1, 0.15) is 12.4 Å². The van der Waals surface area contributed by atoms with Crippen molar-refractivity contribution in [3.63, 3.8) is 0 Å². The molecule has 0 amide bonds. The molecule has 0 unspecified atom stereocenters. The summed E-state index contributed by atoms with van der Waals surface area (Å²) in [4.78, 5) is 0. The molecule has 5 heteroatoms. The minimum Gasteiger partial charge on any atom is -0.699 e. The van der Waals surface area contributed by atoms with Crippen molar-refractivity contribution in [2.24, 2.45) is 0 Å². The summed E-state index contributed by atoms with van der Waals surface area (Å²) >= 11 is 0. The van der Waals surface area contributed by atoms with Gasteiger partial charge in [-0.2, -0.15) is 13.2 Å². The molecular weight excluding hydrogens is 255 g/mol. The Balaban J connectivity index is 2.08. The lowest BCUT2D eigenvalue weighted by molar-refractivity contribution is -0.137. The summed E-state index contributed by atoms with van der Waals surface area (Å²) in [5.74, 6) is 0.463. The van der Waals surface area contributed by atoms with E-state index < -0.39 is 11.7 Å². The first kappa shape index (κ1) is 13.3. The molecule has 2 aromatic carbocycles. The SMILES string of the molecule is [NH-]c1cccc(OCc2cccc(C(F)(F)F)c2)c1. The first-order valence-electron chi connectivity index (χ1n) is 5.56. The number of ether oxygens (including phenoxy) is 1. The van der Waals surface area contributed by atoms with Gasteiger partial charge in [-0.25, -0.2) is 0 Å². The van der Waals surface area contributed by atoms with Crippen molar-refractivity contribution < 1.29 is 17.9 Å². The largest absolute Gasteiger partial charge is 0.699 e. The van der Waals surface area contributed by atoms with Gasteiger partial charge in [-0.15, -0.1) is 5.69 Å². The number of benzene rings is 2. The van der Waals surface area contributed by atoms with Gasteiger partial charge < -0.3 is 10.5 Å². The number of nitrogens with one attached hydrogen (secondary N) is 1. The average Bonchev–Trinajstić information content (AvgIpc) is 2.36. The van der Waals surface area contributed by atoms with Gasteiger partial charge in [-0.1, -0.05) is 24.3 Å². The van der Waals surface area contributed by atoms with E-state index in [4.69, 9.17) is 10.5 Å². The van der Waals surface area contributed by atoms with E-state index in [2.05, 4.69) is 0 Å². The predicted molar refractivity (Wildman–Crippen MR) is 66.2 cm³/mol. The van der Waals surface area contributed by atoms with Gasteiger partial charge in [0.05, 0.1) is 5.56 Å². The van der Waals surface area contributed by atoms with Crippen LogP contribution in [0.2, 0.25) is 0 Å². The van der Waals surface area contributed by atoms with Crippen LogP contribution in [-0.4, -0.2) is 0 Å². The Morgan fingerprint density at radius 3 is 2.42 bits per heavy atom. The molecule has 0 aromatic heterocycles. The van der Waals surface area contributed by atoms with E-state index in [-0.39, 0.29) is 6.61 Å². The number of halogens is 3. The fourth-order valence-electron chi connectivity index (χ4n) is 1.59. The fraction of sp³-hybridized carbons (Fsp3) is 0.143.